The van der Waals surface area contributed by atoms with Crippen LogP contribution in [0.15, 0.2) is 42.6 Å². The Morgan fingerprint density at radius 2 is 1.85 bits per heavy atom. The molecule has 9 nitrogen and oxygen atoms in total. The van der Waals surface area contributed by atoms with Crippen LogP contribution in [0.3, 0.4) is 0 Å². The van der Waals surface area contributed by atoms with E-state index in [9.17, 15) is 4.79 Å². The lowest BCUT2D eigenvalue weighted by Gasteiger charge is -2.21. The molecule has 4 aromatic rings. The number of carbonyl (C=O) groups is 1. The van der Waals surface area contributed by atoms with Gasteiger partial charge in [-0.3, -0.25) is 4.79 Å². The third-order valence-corrected chi connectivity index (χ3v) is 8.98. The Kier molecular flexibility index (Phi) is 11.9. The molecule has 2 heterocycles. The molecule has 0 saturated heterocycles. The first-order valence-corrected chi connectivity index (χ1v) is 17.1. The summed E-state index contributed by atoms with van der Waals surface area (Å²) in [6.45, 7) is 10.1. The number of rotatable bonds is 13. The van der Waals surface area contributed by atoms with Crippen LogP contribution < -0.4 is 20.5 Å². The highest BCUT2D eigenvalue weighted by Gasteiger charge is 2.26. The van der Waals surface area contributed by atoms with Gasteiger partial charge in [-0.05, 0) is 106 Å². The third-order valence-electron chi connectivity index (χ3n) is 8.70. The molecule has 1 aliphatic rings. The number of ether oxygens (including phenoxy) is 3. The van der Waals surface area contributed by atoms with E-state index in [2.05, 4.69) is 47.0 Å². The first-order chi connectivity index (χ1) is 23.1. The summed E-state index contributed by atoms with van der Waals surface area (Å²) >= 11 is 6.57. The number of nitrogen functional groups attached to an aromatic ring is 1. The molecule has 1 unspecified atom stereocenters. The second kappa shape index (κ2) is 16.2. The van der Waals surface area contributed by atoms with Gasteiger partial charge in [0.05, 0.1) is 24.7 Å². The van der Waals surface area contributed by atoms with Crippen molar-refractivity contribution in [3.63, 3.8) is 0 Å². The van der Waals surface area contributed by atoms with Crippen LogP contribution in [0.1, 0.15) is 80.2 Å². The number of hydrogen-bond acceptors (Lipinski definition) is 8. The minimum atomic E-state index is -0.286. The van der Waals surface area contributed by atoms with Crippen LogP contribution in [0.4, 0.5) is 5.95 Å². The van der Waals surface area contributed by atoms with E-state index in [4.69, 9.17) is 31.5 Å². The third kappa shape index (κ3) is 8.80. The number of aryl methyl sites for hydroxylation is 1. The van der Waals surface area contributed by atoms with E-state index < -0.39 is 0 Å². The van der Waals surface area contributed by atoms with Crippen molar-refractivity contribution in [2.75, 3.05) is 26.0 Å². The van der Waals surface area contributed by atoms with Crippen molar-refractivity contribution in [2.45, 2.75) is 84.9 Å². The molecule has 0 amide bonds. The SMILES string of the molecule is COc1c(C)ccc(Cn2cc(C#Cc3ccc(OCCCNC(CC(C)C)C(=O)OC4CCCC4)cc3)c3c(Cl)nc(N)nc32)c1C. The van der Waals surface area contributed by atoms with E-state index in [0.717, 1.165) is 72.3 Å². The second-order valence-electron chi connectivity index (χ2n) is 12.9. The molecule has 1 saturated carbocycles. The normalized spacial score (nSPS) is 13.8. The number of nitrogens with one attached hydrogen (secondary N) is 1. The Morgan fingerprint density at radius 3 is 2.56 bits per heavy atom. The van der Waals surface area contributed by atoms with E-state index in [1.54, 1.807) is 7.11 Å². The van der Waals surface area contributed by atoms with Crippen LogP contribution in [0, 0.1) is 31.6 Å². The summed E-state index contributed by atoms with van der Waals surface area (Å²) in [5.74, 6) is 8.50. The van der Waals surface area contributed by atoms with Crippen LogP contribution in [0.25, 0.3) is 11.0 Å². The number of anilines is 1. The number of nitrogens with zero attached hydrogens (tertiary/aromatic N) is 3. The number of hydrogen-bond donors (Lipinski definition) is 2. The van der Waals surface area contributed by atoms with Gasteiger partial charge in [-0.25, -0.2) is 4.98 Å². The first kappa shape index (κ1) is 35.1. The predicted molar refractivity (Wildman–Crippen MR) is 191 cm³/mol. The van der Waals surface area contributed by atoms with Gasteiger partial charge in [0.2, 0.25) is 5.95 Å². The Hall–Kier alpha value is -4.26. The number of halogens is 1. The summed E-state index contributed by atoms with van der Waals surface area (Å²) in [6.07, 6.45) is 7.77. The Morgan fingerprint density at radius 1 is 1.10 bits per heavy atom. The van der Waals surface area contributed by atoms with Crippen molar-refractivity contribution in [3.8, 4) is 23.3 Å². The molecule has 1 aliphatic carbocycles. The van der Waals surface area contributed by atoms with Gasteiger partial charge in [-0.15, -0.1) is 0 Å². The van der Waals surface area contributed by atoms with Gasteiger partial charge in [-0.2, -0.15) is 4.98 Å². The topological polar surface area (TPSA) is 114 Å². The molecule has 10 heteroatoms. The number of nitrogens with two attached hydrogens (primary N) is 1. The van der Waals surface area contributed by atoms with Gasteiger partial charge in [0, 0.05) is 18.3 Å². The monoisotopic (exact) mass is 671 g/mol. The van der Waals surface area contributed by atoms with Crippen molar-refractivity contribution in [3.05, 3.63) is 75.6 Å². The highest BCUT2D eigenvalue weighted by Crippen LogP contribution is 2.30. The number of fused-ring (bicyclic) bond motifs is 1. The zero-order valence-corrected chi connectivity index (χ0v) is 29.3. The number of benzene rings is 2. The lowest BCUT2D eigenvalue weighted by Crippen LogP contribution is -2.41. The number of methoxy groups -OCH3 is 1. The largest absolute Gasteiger partial charge is 0.496 e. The van der Waals surface area contributed by atoms with Gasteiger partial charge in [0.1, 0.15) is 34.4 Å². The summed E-state index contributed by atoms with van der Waals surface area (Å²) in [7, 11) is 1.69. The average molecular weight is 672 g/mol. The molecule has 5 rings (SSSR count). The number of esters is 1. The van der Waals surface area contributed by atoms with Crippen molar-refractivity contribution in [1.29, 1.82) is 0 Å². The van der Waals surface area contributed by atoms with Gasteiger partial charge in [0.15, 0.2) is 0 Å². The molecule has 0 aliphatic heterocycles. The highest BCUT2D eigenvalue weighted by atomic mass is 35.5. The number of aromatic nitrogens is 3. The predicted octanol–water partition coefficient (Wildman–Crippen LogP) is 7.00. The molecule has 2 aromatic carbocycles. The van der Waals surface area contributed by atoms with Crippen molar-refractivity contribution in [1.82, 2.24) is 19.9 Å². The van der Waals surface area contributed by atoms with Gasteiger partial charge >= 0.3 is 5.97 Å². The maximum Gasteiger partial charge on any atom is 0.323 e. The lowest BCUT2D eigenvalue weighted by molar-refractivity contribution is -0.151. The maximum absolute atomic E-state index is 12.8. The van der Waals surface area contributed by atoms with Gasteiger partial charge in [-0.1, -0.05) is 49.4 Å². The summed E-state index contributed by atoms with van der Waals surface area (Å²) in [6, 6.07) is 11.5. The first-order valence-electron chi connectivity index (χ1n) is 16.8. The van der Waals surface area contributed by atoms with E-state index >= 15 is 0 Å². The van der Waals surface area contributed by atoms with E-state index in [-0.39, 0.29) is 29.2 Å². The molecular formula is C38H46ClN5O4. The molecule has 254 valence electrons. The molecule has 1 atom stereocenters. The summed E-state index contributed by atoms with van der Waals surface area (Å²) in [5.41, 5.74) is 11.4. The molecule has 0 bridgehead atoms. The quantitative estimate of drug-likeness (QED) is 0.0676. The van der Waals surface area contributed by atoms with Gasteiger partial charge in [0.25, 0.3) is 0 Å². The molecule has 0 radical (unpaired) electrons. The van der Waals surface area contributed by atoms with Crippen molar-refractivity contribution >= 4 is 34.6 Å². The minimum absolute atomic E-state index is 0.0787. The van der Waals surface area contributed by atoms with Crippen LogP contribution in [-0.4, -0.2) is 52.9 Å². The van der Waals surface area contributed by atoms with Crippen LogP contribution in [0.2, 0.25) is 5.15 Å². The molecular weight excluding hydrogens is 626 g/mol. The lowest BCUT2D eigenvalue weighted by atomic mass is 10.0. The Bertz CT molecular complexity index is 1790. The molecule has 0 spiro atoms. The minimum Gasteiger partial charge on any atom is -0.496 e. The Labute approximate surface area is 288 Å². The van der Waals surface area contributed by atoms with E-state index in [1.165, 1.54) is 0 Å². The Balaban J connectivity index is 1.20. The summed E-state index contributed by atoms with van der Waals surface area (Å²) in [5, 5.41) is 4.31. The van der Waals surface area contributed by atoms with Crippen LogP contribution in [0.5, 0.6) is 11.5 Å². The smallest absolute Gasteiger partial charge is 0.323 e. The second-order valence-corrected chi connectivity index (χ2v) is 13.3. The average Bonchev–Trinajstić information content (AvgIpc) is 3.69. The zero-order chi connectivity index (χ0) is 34.2. The van der Waals surface area contributed by atoms with Gasteiger partial charge < -0.3 is 29.8 Å². The van der Waals surface area contributed by atoms with E-state index in [1.807, 2.05) is 54.9 Å². The fourth-order valence-corrected chi connectivity index (χ4v) is 6.48. The molecule has 3 N–H and O–H groups in total. The fraction of sp³-hybridized carbons (Fsp3) is 0.447. The van der Waals surface area contributed by atoms with Crippen LogP contribution in [-0.2, 0) is 16.1 Å². The van der Waals surface area contributed by atoms with Crippen molar-refractivity contribution in [2.24, 2.45) is 5.92 Å². The van der Waals surface area contributed by atoms with E-state index in [0.29, 0.717) is 42.2 Å². The molecule has 2 aromatic heterocycles. The van der Waals surface area contributed by atoms with Crippen molar-refractivity contribution < 1.29 is 19.0 Å². The summed E-state index contributed by atoms with van der Waals surface area (Å²) < 4.78 is 19.4. The fourth-order valence-electron chi connectivity index (χ4n) is 6.21. The highest BCUT2D eigenvalue weighted by molar-refractivity contribution is 6.34. The molecule has 48 heavy (non-hydrogen) atoms. The standard InChI is InChI=1S/C38H46ClN5O4/c1-24(2)21-32(37(45)48-31-9-6-7-10-31)41-19-8-20-47-30-17-13-27(14-18-30)12-16-29-23-44(36-33(29)35(39)42-38(40)43-36)22-28-15-11-25(3)34(46-5)26(28)4/h11,13-15,17-18,23-24,31-32,41H,6-10,19-22H2,1-5H3,(H2,40,42,43). The molecule has 1 fully saturated rings. The summed E-state index contributed by atoms with van der Waals surface area (Å²) in [4.78, 5) is 21.4. The van der Waals surface area contributed by atoms with Crippen LogP contribution >= 0.6 is 11.6 Å². The zero-order valence-electron chi connectivity index (χ0n) is 28.6. The maximum atomic E-state index is 12.8. The number of carbonyl (C=O) groups excluding carboxylic acids is 1.